The van der Waals surface area contributed by atoms with Gasteiger partial charge in [0.05, 0.1) is 27.9 Å². The van der Waals surface area contributed by atoms with Crippen molar-refractivity contribution >= 4 is 27.5 Å². The zero-order chi connectivity index (χ0) is 16.2. The topological polar surface area (TPSA) is 65.5 Å². The van der Waals surface area contributed by atoms with Gasteiger partial charge in [0.25, 0.3) is 0 Å². The van der Waals surface area contributed by atoms with Crippen LogP contribution in [0.3, 0.4) is 0 Å². The largest absolute Gasteiger partial charge is 0.392 e. The van der Waals surface area contributed by atoms with E-state index in [4.69, 9.17) is 0 Å². The molecule has 5 nitrogen and oxygen atoms in total. The molecule has 2 aromatic rings. The summed E-state index contributed by atoms with van der Waals surface area (Å²) < 4.78 is 1.18. The molecule has 1 fully saturated rings. The van der Waals surface area contributed by atoms with Crippen LogP contribution in [0.4, 0.5) is 0 Å². The van der Waals surface area contributed by atoms with Crippen molar-refractivity contribution < 1.29 is 9.90 Å². The monoisotopic (exact) mass is 333 g/mol. The fraction of sp³-hybridized carbons (Fsp3) is 0.529. The van der Waals surface area contributed by atoms with Crippen molar-refractivity contribution in [3.63, 3.8) is 0 Å². The van der Waals surface area contributed by atoms with Gasteiger partial charge in [-0.25, -0.2) is 4.98 Å². The number of hydrogen-bond donors (Lipinski definition) is 2. The third-order valence-corrected chi connectivity index (χ3v) is 5.45. The predicted octanol–water partition coefficient (Wildman–Crippen LogP) is 1.97. The summed E-state index contributed by atoms with van der Waals surface area (Å²) in [5, 5.41) is 13.7. The Labute approximate surface area is 140 Å². The predicted molar refractivity (Wildman–Crippen MR) is 92.7 cm³/mol. The van der Waals surface area contributed by atoms with Gasteiger partial charge < -0.3 is 10.4 Å². The number of hydrogen-bond acceptors (Lipinski definition) is 5. The zero-order valence-electron chi connectivity index (χ0n) is 13.4. The minimum absolute atomic E-state index is 0.0204. The number of piperidine rings is 1. The molecule has 2 atom stereocenters. The lowest BCUT2D eigenvalue weighted by Gasteiger charge is -2.29. The average Bonchev–Trinajstić information content (AvgIpc) is 2.97. The first-order valence-electron chi connectivity index (χ1n) is 8.14. The van der Waals surface area contributed by atoms with Gasteiger partial charge in [0, 0.05) is 19.0 Å². The molecule has 1 aromatic carbocycles. The Balaban J connectivity index is 1.50. The van der Waals surface area contributed by atoms with Crippen LogP contribution < -0.4 is 5.32 Å². The minimum atomic E-state index is -0.293. The van der Waals surface area contributed by atoms with Crippen molar-refractivity contribution in [3.8, 4) is 0 Å². The number of benzene rings is 1. The number of rotatable bonds is 5. The number of para-hydroxylation sites is 1. The molecule has 2 N–H and O–H groups in total. The van der Waals surface area contributed by atoms with Crippen molar-refractivity contribution in [2.75, 3.05) is 26.2 Å². The first-order chi connectivity index (χ1) is 11.1. The fourth-order valence-corrected chi connectivity index (χ4v) is 3.91. The van der Waals surface area contributed by atoms with Crippen LogP contribution in [0.15, 0.2) is 24.3 Å². The van der Waals surface area contributed by atoms with Gasteiger partial charge in [0.2, 0.25) is 5.91 Å². The molecule has 1 aliphatic heterocycles. The lowest BCUT2D eigenvalue weighted by molar-refractivity contribution is -0.122. The Morgan fingerprint density at radius 3 is 3.13 bits per heavy atom. The van der Waals surface area contributed by atoms with Gasteiger partial charge in [-0.05, 0) is 31.5 Å². The van der Waals surface area contributed by atoms with Crippen LogP contribution in [-0.2, 0) is 4.79 Å². The maximum absolute atomic E-state index is 12.1. The quantitative estimate of drug-likeness (QED) is 0.878. The number of β-amino-alcohol motifs (C(OH)–C–C–N with tert-alkyl or cyclic N) is 1. The van der Waals surface area contributed by atoms with Crippen LogP contribution in [-0.4, -0.2) is 53.2 Å². The molecule has 0 radical (unpaired) electrons. The van der Waals surface area contributed by atoms with Crippen molar-refractivity contribution in [1.29, 1.82) is 0 Å². The third-order valence-electron chi connectivity index (χ3n) is 4.19. The third kappa shape index (κ3) is 4.28. The highest BCUT2D eigenvalue weighted by molar-refractivity contribution is 7.18. The molecule has 1 aliphatic rings. The molecule has 0 spiro atoms. The van der Waals surface area contributed by atoms with Crippen LogP contribution in [0.25, 0.3) is 10.2 Å². The molecule has 0 unspecified atom stereocenters. The van der Waals surface area contributed by atoms with Gasteiger partial charge >= 0.3 is 0 Å². The van der Waals surface area contributed by atoms with Gasteiger partial charge in [-0.2, -0.15) is 0 Å². The van der Waals surface area contributed by atoms with Gasteiger partial charge in [-0.1, -0.05) is 19.1 Å². The van der Waals surface area contributed by atoms with E-state index in [0.29, 0.717) is 19.6 Å². The molecule has 1 aromatic heterocycles. The van der Waals surface area contributed by atoms with Crippen LogP contribution in [0.1, 0.15) is 30.7 Å². The Bertz CT molecular complexity index is 640. The number of carbonyl (C=O) groups is 1. The molecular weight excluding hydrogens is 310 g/mol. The van der Waals surface area contributed by atoms with Crippen LogP contribution in [0.5, 0.6) is 0 Å². The van der Waals surface area contributed by atoms with Crippen LogP contribution in [0.2, 0.25) is 0 Å². The van der Waals surface area contributed by atoms with Crippen LogP contribution in [0, 0.1) is 0 Å². The molecule has 0 bridgehead atoms. The minimum Gasteiger partial charge on any atom is -0.392 e. The van der Waals surface area contributed by atoms with Crippen molar-refractivity contribution in [2.45, 2.75) is 31.8 Å². The number of carbonyl (C=O) groups excluding carboxylic acids is 1. The number of likely N-dealkylation sites (tertiary alicyclic amines) is 1. The molecule has 0 aliphatic carbocycles. The fourth-order valence-electron chi connectivity index (χ4n) is 2.89. The summed E-state index contributed by atoms with van der Waals surface area (Å²) in [6, 6.07) is 8.10. The second-order valence-corrected chi connectivity index (χ2v) is 7.32. The van der Waals surface area contributed by atoms with E-state index in [9.17, 15) is 9.90 Å². The highest BCUT2D eigenvalue weighted by Gasteiger charge is 2.20. The number of aliphatic hydroxyl groups is 1. The van der Waals surface area contributed by atoms with E-state index in [1.165, 1.54) is 4.70 Å². The summed E-state index contributed by atoms with van der Waals surface area (Å²) >= 11 is 1.69. The summed E-state index contributed by atoms with van der Waals surface area (Å²) in [6.45, 7) is 4.53. The standard InChI is InChI=1S/C17H23N3O2S/c1-12(17-19-14-6-2-3-7-15(14)23-17)9-18-16(22)11-20-8-4-5-13(21)10-20/h2-3,6-7,12-13,21H,4-5,8-11H2,1H3,(H,18,22)/t12-,13-/m0/s1. The molecule has 0 saturated carbocycles. The van der Waals surface area contributed by atoms with Gasteiger partial charge in [0.15, 0.2) is 0 Å². The summed E-state index contributed by atoms with van der Waals surface area (Å²) in [7, 11) is 0. The Morgan fingerprint density at radius 2 is 2.35 bits per heavy atom. The van der Waals surface area contributed by atoms with E-state index >= 15 is 0 Å². The molecule has 3 rings (SSSR count). The smallest absolute Gasteiger partial charge is 0.234 e. The number of nitrogens with zero attached hydrogens (tertiary/aromatic N) is 2. The van der Waals surface area contributed by atoms with Crippen LogP contribution >= 0.6 is 11.3 Å². The summed E-state index contributed by atoms with van der Waals surface area (Å²) in [4.78, 5) is 18.7. The lowest BCUT2D eigenvalue weighted by Crippen LogP contribution is -2.44. The first-order valence-corrected chi connectivity index (χ1v) is 8.96. The number of nitrogens with one attached hydrogen (secondary N) is 1. The molecule has 2 heterocycles. The molecule has 1 saturated heterocycles. The lowest BCUT2D eigenvalue weighted by atomic mass is 10.1. The van der Waals surface area contributed by atoms with Gasteiger partial charge in [-0.15, -0.1) is 11.3 Å². The second kappa shape index (κ2) is 7.38. The SMILES string of the molecule is C[C@@H](CNC(=O)CN1CCC[C@H](O)C1)c1nc2ccccc2s1. The first kappa shape index (κ1) is 16.4. The summed E-state index contributed by atoms with van der Waals surface area (Å²) in [6.07, 6.45) is 1.50. The van der Waals surface area contributed by atoms with Crippen molar-refractivity contribution in [3.05, 3.63) is 29.3 Å². The van der Waals surface area contributed by atoms with E-state index in [2.05, 4.69) is 23.3 Å². The van der Waals surface area contributed by atoms with E-state index in [1.54, 1.807) is 11.3 Å². The van der Waals surface area contributed by atoms with E-state index < -0.39 is 0 Å². The van der Waals surface area contributed by atoms with E-state index in [0.717, 1.165) is 29.9 Å². The number of fused-ring (bicyclic) bond motifs is 1. The van der Waals surface area contributed by atoms with E-state index in [-0.39, 0.29) is 17.9 Å². The Morgan fingerprint density at radius 1 is 1.52 bits per heavy atom. The molecule has 23 heavy (non-hydrogen) atoms. The second-order valence-electron chi connectivity index (χ2n) is 6.26. The molecule has 124 valence electrons. The number of thiazole rings is 1. The molecular formula is C17H23N3O2S. The average molecular weight is 333 g/mol. The number of aliphatic hydroxyl groups excluding tert-OH is 1. The summed E-state index contributed by atoms with van der Waals surface area (Å²) in [5.74, 6) is 0.218. The zero-order valence-corrected chi connectivity index (χ0v) is 14.2. The Hall–Kier alpha value is -1.50. The summed E-state index contributed by atoms with van der Waals surface area (Å²) in [5.41, 5.74) is 1.02. The number of amides is 1. The van der Waals surface area contributed by atoms with Gasteiger partial charge in [-0.3, -0.25) is 9.69 Å². The molecule has 1 amide bonds. The van der Waals surface area contributed by atoms with E-state index in [1.807, 2.05) is 23.1 Å². The van der Waals surface area contributed by atoms with Crippen molar-refractivity contribution in [2.24, 2.45) is 0 Å². The highest BCUT2D eigenvalue weighted by atomic mass is 32.1. The maximum Gasteiger partial charge on any atom is 0.234 e. The maximum atomic E-state index is 12.1. The Kier molecular flexibility index (Phi) is 5.25. The number of aromatic nitrogens is 1. The normalized spacial score (nSPS) is 20.5. The highest BCUT2D eigenvalue weighted by Crippen LogP contribution is 2.26. The molecule has 6 heteroatoms. The van der Waals surface area contributed by atoms with Crippen molar-refractivity contribution in [1.82, 2.24) is 15.2 Å². The van der Waals surface area contributed by atoms with Gasteiger partial charge in [0.1, 0.15) is 0 Å².